The summed E-state index contributed by atoms with van der Waals surface area (Å²) < 4.78 is 0. The molecule has 6 heteroatoms. The summed E-state index contributed by atoms with van der Waals surface area (Å²) in [6.07, 6.45) is 2.77. The third-order valence-corrected chi connectivity index (χ3v) is 3.20. The number of hydrogen-bond acceptors (Lipinski definition) is 3. The van der Waals surface area contributed by atoms with Crippen LogP contribution in [0.15, 0.2) is 0 Å². The van der Waals surface area contributed by atoms with Crippen LogP contribution in [-0.4, -0.2) is 38.0 Å². The lowest BCUT2D eigenvalue weighted by Crippen LogP contribution is -2.37. The molecule has 3 N–H and O–H groups in total. The van der Waals surface area contributed by atoms with E-state index in [4.69, 9.17) is 0 Å². The molecule has 0 aliphatic carbocycles. The highest BCUT2D eigenvalue weighted by molar-refractivity contribution is 5.85. The number of carbonyl (C=O) groups excluding carboxylic acids is 2. The molecule has 5 nitrogen and oxygen atoms in total. The van der Waals surface area contributed by atoms with Crippen molar-refractivity contribution in [2.24, 2.45) is 11.8 Å². The zero-order valence-electron chi connectivity index (χ0n) is 11.8. The van der Waals surface area contributed by atoms with Gasteiger partial charge in [0.05, 0.1) is 0 Å². The van der Waals surface area contributed by atoms with Crippen LogP contribution in [0.3, 0.4) is 0 Å². The molecule has 1 rings (SSSR count). The maximum Gasteiger partial charge on any atom is 0.222 e. The first kappa shape index (κ1) is 18.2. The van der Waals surface area contributed by atoms with Gasteiger partial charge in [-0.25, -0.2) is 0 Å². The Morgan fingerprint density at radius 3 is 2.32 bits per heavy atom. The second-order valence-electron chi connectivity index (χ2n) is 5.19. The van der Waals surface area contributed by atoms with Gasteiger partial charge in [0, 0.05) is 25.4 Å². The maximum atomic E-state index is 11.6. The van der Waals surface area contributed by atoms with E-state index in [1.807, 2.05) is 13.8 Å². The fourth-order valence-electron chi connectivity index (χ4n) is 2.01. The van der Waals surface area contributed by atoms with Crippen LogP contribution < -0.4 is 16.0 Å². The predicted molar refractivity (Wildman–Crippen MR) is 78.3 cm³/mol. The van der Waals surface area contributed by atoms with Crippen LogP contribution in [0.5, 0.6) is 0 Å². The van der Waals surface area contributed by atoms with Gasteiger partial charge >= 0.3 is 0 Å². The number of piperidine rings is 1. The molecule has 0 spiro atoms. The number of rotatable bonds is 6. The minimum Gasteiger partial charge on any atom is -0.354 e. The lowest BCUT2D eigenvalue weighted by Gasteiger charge is -2.21. The largest absolute Gasteiger partial charge is 0.354 e. The minimum atomic E-state index is -0.00422. The summed E-state index contributed by atoms with van der Waals surface area (Å²) in [7, 11) is 0. The Kier molecular flexibility index (Phi) is 9.61. The van der Waals surface area contributed by atoms with E-state index in [1.165, 1.54) is 0 Å². The van der Waals surface area contributed by atoms with Crippen molar-refractivity contribution in [2.75, 3.05) is 26.2 Å². The Balaban J connectivity index is 0.00000324. The number of hydrogen-bond donors (Lipinski definition) is 3. The van der Waals surface area contributed by atoms with Crippen LogP contribution in [0.25, 0.3) is 0 Å². The fraction of sp³-hybridized carbons (Fsp3) is 0.846. The van der Waals surface area contributed by atoms with E-state index in [-0.39, 0.29) is 30.1 Å². The van der Waals surface area contributed by atoms with Gasteiger partial charge in [-0.1, -0.05) is 13.8 Å². The van der Waals surface area contributed by atoms with Gasteiger partial charge in [-0.05, 0) is 31.8 Å². The van der Waals surface area contributed by atoms with Crippen molar-refractivity contribution in [1.29, 1.82) is 0 Å². The summed E-state index contributed by atoms with van der Waals surface area (Å²) in [5.41, 5.74) is 0. The monoisotopic (exact) mass is 291 g/mol. The van der Waals surface area contributed by atoms with Gasteiger partial charge in [-0.3, -0.25) is 9.59 Å². The molecule has 0 unspecified atom stereocenters. The summed E-state index contributed by atoms with van der Waals surface area (Å²) >= 11 is 0. The van der Waals surface area contributed by atoms with Gasteiger partial charge in [0.1, 0.15) is 0 Å². The summed E-state index contributed by atoms with van der Waals surface area (Å²) in [5.74, 6) is 0.634. The molecule has 1 heterocycles. The second kappa shape index (κ2) is 10.0. The SMILES string of the molecule is CC(C)C(=O)NCCNC(=O)CC1CCNCC1.Cl. The van der Waals surface area contributed by atoms with Crippen molar-refractivity contribution < 1.29 is 9.59 Å². The van der Waals surface area contributed by atoms with Crippen LogP contribution in [0, 0.1) is 11.8 Å². The first-order chi connectivity index (χ1) is 8.59. The van der Waals surface area contributed by atoms with E-state index < -0.39 is 0 Å². The highest BCUT2D eigenvalue weighted by Crippen LogP contribution is 2.15. The Hall–Kier alpha value is -0.810. The zero-order valence-corrected chi connectivity index (χ0v) is 12.6. The van der Waals surface area contributed by atoms with E-state index >= 15 is 0 Å². The average molecular weight is 292 g/mol. The van der Waals surface area contributed by atoms with E-state index in [0.717, 1.165) is 25.9 Å². The lowest BCUT2D eigenvalue weighted by atomic mass is 9.94. The van der Waals surface area contributed by atoms with Crippen LogP contribution in [0.2, 0.25) is 0 Å². The normalized spacial score (nSPS) is 15.7. The van der Waals surface area contributed by atoms with Crippen LogP contribution in [0.4, 0.5) is 0 Å². The van der Waals surface area contributed by atoms with Crippen LogP contribution in [0.1, 0.15) is 33.1 Å². The number of amides is 2. The molecule has 1 aliphatic rings. The van der Waals surface area contributed by atoms with Crippen molar-refractivity contribution in [3.63, 3.8) is 0 Å². The van der Waals surface area contributed by atoms with Crippen molar-refractivity contribution in [3.05, 3.63) is 0 Å². The molecule has 0 aromatic rings. The number of halogens is 1. The van der Waals surface area contributed by atoms with E-state index in [9.17, 15) is 9.59 Å². The topological polar surface area (TPSA) is 70.2 Å². The molecule has 0 aromatic heterocycles. The third-order valence-electron chi connectivity index (χ3n) is 3.20. The molecular weight excluding hydrogens is 266 g/mol. The third kappa shape index (κ3) is 8.06. The van der Waals surface area contributed by atoms with Crippen molar-refractivity contribution in [1.82, 2.24) is 16.0 Å². The Bertz CT molecular complexity index is 279. The molecule has 2 amide bonds. The second-order valence-corrected chi connectivity index (χ2v) is 5.19. The van der Waals surface area contributed by atoms with Crippen molar-refractivity contribution >= 4 is 24.2 Å². The standard InChI is InChI=1S/C13H25N3O2.ClH/c1-10(2)13(18)16-8-7-15-12(17)9-11-3-5-14-6-4-11;/h10-11,14H,3-9H2,1-2H3,(H,15,17)(H,16,18);1H. The van der Waals surface area contributed by atoms with Gasteiger partial charge in [0.25, 0.3) is 0 Å². The van der Waals surface area contributed by atoms with Gasteiger partial charge < -0.3 is 16.0 Å². The number of nitrogens with one attached hydrogen (secondary N) is 3. The molecule has 1 aliphatic heterocycles. The Labute approximate surface area is 121 Å². The zero-order chi connectivity index (χ0) is 13.4. The number of carbonyl (C=O) groups is 2. The summed E-state index contributed by atoms with van der Waals surface area (Å²) in [5, 5.41) is 8.91. The summed E-state index contributed by atoms with van der Waals surface area (Å²) in [6, 6.07) is 0. The molecule has 0 aromatic carbocycles. The minimum absolute atomic E-state index is 0. The highest BCUT2D eigenvalue weighted by atomic mass is 35.5. The lowest BCUT2D eigenvalue weighted by molar-refractivity contribution is -0.125. The first-order valence-corrected chi connectivity index (χ1v) is 6.84. The quantitative estimate of drug-likeness (QED) is 0.631. The Morgan fingerprint density at radius 1 is 1.16 bits per heavy atom. The molecule has 0 atom stereocenters. The molecule has 1 saturated heterocycles. The van der Waals surface area contributed by atoms with Gasteiger partial charge in [0.15, 0.2) is 0 Å². The summed E-state index contributed by atoms with van der Waals surface area (Å²) in [4.78, 5) is 22.9. The molecule has 0 saturated carbocycles. The van der Waals surface area contributed by atoms with E-state index in [1.54, 1.807) is 0 Å². The van der Waals surface area contributed by atoms with Crippen LogP contribution in [-0.2, 0) is 9.59 Å². The van der Waals surface area contributed by atoms with Gasteiger partial charge in [-0.15, -0.1) is 12.4 Å². The molecule has 1 fully saturated rings. The predicted octanol–water partition coefficient (Wildman–Crippen LogP) is 0.686. The van der Waals surface area contributed by atoms with Crippen molar-refractivity contribution in [2.45, 2.75) is 33.1 Å². The van der Waals surface area contributed by atoms with E-state index in [0.29, 0.717) is 25.4 Å². The summed E-state index contributed by atoms with van der Waals surface area (Å²) in [6.45, 7) is 6.76. The van der Waals surface area contributed by atoms with E-state index in [2.05, 4.69) is 16.0 Å². The highest BCUT2D eigenvalue weighted by Gasteiger charge is 2.16. The average Bonchev–Trinajstić information content (AvgIpc) is 2.35. The first-order valence-electron chi connectivity index (χ1n) is 6.84. The molecule has 112 valence electrons. The van der Waals surface area contributed by atoms with Gasteiger partial charge in [0.2, 0.25) is 11.8 Å². The fourth-order valence-corrected chi connectivity index (χ4v) is 2.01. The van der Waals surface area contributed by atoms with Crippen molar-refractivity contribution in [3.8, 4) is 0 Å². The maximum absolute atomic E-state index is 11.6. The Morgan fingerprint density at radius 2 is 1.74 bits per heavy atom. The van der Waals surface area contributed by atoms with Gasteiger partial charge in [-0.2, -0.15) is 0 Å². The molecule has 19 heavy (non-hydrogen) atoms. The molecule has 0 bridgehead atoms. The molecule has 0 radical (unpaired) electrons. The smallest absolute Gasteiger partial charge is 0.222 e. The molecular formula is C13H26ClN3O2. The van der Waals surface area contributed by atoms with Crippen LogP contribution >= 0.6 is 12.4 Å².